The van der Waals surface area contributed by atoms with Gasteiger partial charge in [-0.15, -0.1) is 22.7 Å². The minimum atomic E-state index is -0.206. The Morgan fingerprint density at radius 2 is 1.29 bits per heavy atom. The summed E-state index contributed by atoms with van der Waals surface area (Å²) in [7, 11) is 0. The highest BCUT2D eigenvalue weighted by Crippen LogP contribution is 2.60. The van der Waals surface area contributed by atoms with Crippen molar-refractivity contribution in [1.29, 1.82) is 0 Å². The van der Waals surface area contributed by atoms with Gasteiger partial charge in [0.25, 0.3) is 0 Å². The molecule has 7 heteroatoms. The molecule has 11 aromatic rings. The van der Waals surface area contributed by atoms with E-state index < -0.39 is 0 Å². The maximum Gasteiger partial charge on any atom is 0.223 e. The molecule has 0 fully saturated rings. The lowest BCUT2D eigenvalue weighted by atomic mass is 9.63. The molecule has 0 N–H and O–H groups in total. The summed E-state index contributed by atoms with van der Waals surface area (Å²) in [6.45, 7) is 2.42. The fraction of sp³-hybridized carbons (Fsp3) is 0.0588. The fourth-order valence-corrected chi connectivity index (χ4v) is 12.9. The second-order valence-electron chi connectivity index (χ2n) is 15.6. The van der Waals surface area contributed by atoms with Gasteiger partial charge in [0, 0.05) is 75.4 Å². The van der Waals surface area contributed by atoms with Crippen molar-refractivity contribution in [2.24, 2.45) is 0 Å². The van der Waals surface area contributed by atoms with E-state index in [0.29, 0.717) is 0 Å². The highest BCUT2D eigenvalue weighted by Gasteiger charge is 2.46. The van der Waals surface area contributed by atoms with Crippen molar-refractivity contribution in [3.8, 4) is 33.1 Å². The Bertz CT molecular complexity index is 3580. The smallest absolute Gasteiger partial charge is 0.223 e. The van der Waals surface area contributed by atoms with Gasteiger partial charge in [-0.1, -0.05) is 116 Å². The van der Waals surface area contributed by atoms with E-state index >= 15 is 0 Å². The molecule has 0 saturated carbocycles. The van der Waals surface area contributed by atoms with Crippen molar-refractivity contribution < 1.29 is 0 Å². The van der Waals surface area contributed by atoms with Gasteiger partial charge in [0.2, 0.25) is 5.28 Å². The van der Waals surface area contributed by atoms with Crippen LogP contribution in [-0.4, -0.2) is 19.1 Å². The zero-order valence-corrected chi connectivity index (χ0v) is 33.5. The summed E-state index contributed by atoms with van der Waals surface area (Å²) < 4.78 is 8.38. The molecule has 5 aromatic heterocycles. The van der Waals surface area contributed by atoms with Gasteiger partial charge in [0.15, 0.2) is 0 Å². The summed E-state index contributed by atoms with van der Waals surface area (Å²) in [5.74, 6) is 0.139. The van der Waals surface area contributed by atoms with Crippen molar-refractivity contribution in [3.05, 3.63) is 180 Å². The number of hydrogen-bond donors (Lipinski definition) is 0. The Morgan fingerprint density at radius 1 is 0.603 bits per heavy atom. The summed E-state index contributed by atoms with van der Waals surface area (Å²) in [6, 6.07) is 50.6. The molecule has 2 unspecified atom stereocenters. The van der Waals surface area contributed by atoms with Gasteiger partial charge in [-0.05, 0) is 77.1 Å². The average molecular weight is 799 g/mol. The second-order valence-corrected chi connectivity index (χ2v) is 18.1. The molecule has 0 radical (unpaired) electrons. The number of fused-ring (bicyclic) bond motifs is 16. The van der Waals surface area contributed by atoms with Crippen molar-refractivity contribution in [2.75, 3.05) is 0 Å². The van der Waals surface area contributed by atoms with E-state index in [1.54, 1.807) is 11.3 Å². The minimum Gasteiger partial charge on any atom is -0.312 e. The van der Waals surface area contributed by atoms with Gasteiger partial charge in [0.05, 0.1) is 32.5 Å². The first-order valence-electron chi connectivity index (χ1n) is 19.6. The number of rotatable bonds is 3. The van der Waals surface area contributed by atoms with Gasteiger partial charge in [-0.3, -0.25) is 0 Å². The lowest BCUT2D eigenvalue weighted by molar-refractivity contribution is 0.511. The summed E-state index contributed by atoms with van der Waals surface area (Å²) in [6.07, 6.45) is 9.28. The van der Waals surface area contributed by atoms with Crippen LogP contribution in [0.2, 0.25) is 5.28 Å². The van der Waals surface area contributed by atoms with E-state index in [0.717, 1.165) is 42.9 Å². The van der Waals surface area contributed by atoms with Crippen LogP contribution in [0.25, 0.3) is 96.2 Å². The Kier molecular flexibility index (Phi) is 6.70. The number of aromatic nitrogens is 4. The molecule has 4 nitrogen and oxygen atoms in total. The van der Waals surface area contributed by atoms with Crippen LogP contribution in [0.4, 0.5) is 0 Å². The highest BCUT2D eigenvalue weighted by atomic mass is 35.5. The van der Waals surface area contributed by atoms with Crippen LogP contribution < -0.4 is 0 Å². The van der Waals surface area contributed by atoms with Gasteiger partial charge in [-0.25, -0.2) is 9.97 Å². The molecule has 0 saturated heterocycles. The number of nitrogens with zero attached hydrogens (tertiary/aromatic N) is 4. The molecule has 274 valence electrons. The summed E-state index contributed by atoms with van der Waals surface area (Å²) in [5, 5.41) is 6.44. The number of hydrogen-bond acceptors (Lipinski definition) is 4. The third-order valence-electron chi connectivity index (χ3n) is 12.6. The molecule has 58 heavy (non-hydrogen) atoms. The third kappa shape index (κ3) is 4.34. The van der Waals surface area contributed by atoms with Crippen molar-refractivity contribution in [3.63, 3.8) is 0 Å². The maximum atomic E-state index is 6.82. The van der Waals surface area contributed by atoms with E-state index in [9.17, 15) is 0 Å². The van der Waals surface area contributed by atoms with Crippen molar-refractivity contribution >= 4 is 97.4 Å². The fourth-order valence-electron chi connectivity index (χ4n) is 10.1. The Morgan fingerprint density at radius 3 is 2.09 bits per heavy atom. The van der Waals surface area contributed by atoms with Crippen LogP contribution >= 0.6 is 34.3 Å². The van der Waals surface area contributed by atoms with E-state index in [4.69, 9.17) is 21.6 Å². The molecule has 0 aliphatic heterocycles. The first kappa shape index (κ1) is 32.7. The van der Waals surface area contributed by atoms with E-state index in [-0.39, 0.29) is 16.6 Å². The lowest BCUT2D eigenvalue weighted by Crippen LogP contribution is -2.33. The maximum absolute atomic E-state index is 6.82. The quantitative estimate of drug-likeness (QED) is 0.167. The van der Waals surface area contributed by atoms with Crippen LogP contribution in [-0.2, 0) is 5.41 Å². The van der Waals surface area contributed by atoms with Gasteiger partial charge >= 0.3 is 0 Å². The highest BCUT2D eigenvalue weighted by molar-refractivity contribution is 7.26. The monoisotopic (exact) mass is 798 g/mol. The molecule has 6 aromatic carbocycles. The number of para-hydroxylation sites is 3. The predicted molar refractivity (Wildman–Crippen MR) is 246 cm³/mol. The van der Waals surface area contributed by atoms with Crippen LogP contribution in [0.1, 0.15) is 24.1 Å². The van der Waals surface area contributed by atoms with E-state index in [2.05, 4.69) is 180 Å². The molecule has 2 aliphatic carbocycles. The molecule has 13 rings (SSSR count). The van der Waals surface area contributed by atoms with Gasteiger partial charge in [0.1, 0.15) is 0 Å². The summed E-state index contributed by atoms with van der Waals surface area (Å²) in [5.41, 5.74) is 12.4. The number of thiophene rings is 2. The SMILES string of the molecule is CC12C=CC=CC1c1c(c3ccccc3n1-c1cccc(-c3nc(Cl)nc4c3sc3cc(-n5c6ccccc6c6ccccc65)ccc34)c1)-c1sc3ccccc3c12. The van der Waals surface area contributed by atoms with Crippen molar-refractivity contribution in [2.45, 2.75) is 18.3 Å². The topological polar surface area (TPSA) is 35.6 Å². The van der Waals surface area contributed by atoms with Gasteiger partial charge in [-0.2, -0.15) is 0 Å². The minimum absolute atomic E-state index is 0.139. The third-order valence-corrected chi connectivity index (χ3v) is 15.1. The number of benzene rings is 6. The molecule has 0 amide bonds. The lowest BCUT2D eigenvalue weighted by Gasteiger charge is -2.41. The average Bonchev–Trinajstić information content (AvgIpc) is 4.01. The van der Waals surface area contributed by atoms with Crippen molar-refractivity contribution in [1.82, 2.24) is 19.1 Å². The van der Waals surface area contributed by atoms with E-state index in [1.165, 1.54) is 64.5 Å². The zero-order valence-electron chi connectivity index (χ0n) is 31.1. The molecular formula is C51H31ClN4S2. The van der Waals surface area contributed by atoms with Crippen LogP contribution in [0, 0.1) is 0 Å². The zero-order chi connectivity index (χ0) is 38.3. The predicted octanol–water partition coefficient (Wildman–Crippen LogP) is 14.6. The Hall–Kier alpha value is -6.31. The largest absolute Gasteiger partial charge is 0.312 e. The first-order valence-corrected chi connectivity index (χ1v) is 21.6. The van der Waals surface area contributed by atoms with Gasteiger partial charge < -0.3 is 9.13 Å². The summed E-state index contributed by atoms with van der Waals surface area (Å²) in [4.78, 5) is 11.2. The van der Waals surface area contributed by atoms with Crippen LogP contribution in [0.3, 0.4) is 0 Å². The summed E-state index contributed by atoms with van der Waals surface area (Å²) >= 11 is 10.5. The Labute approximate surface area is 346 Å². The normalized spacial score (nSPS) is 17.2. The molecule has 5 heterocycles. The Balaban J connectivity index is 1.02. The second kappa shape index (κ2) is 11.9. The number of allylic oxidation sites excluding steroid dienone is 4. The molecule has 2 aliphatic rings. The molecule has 0 bridgehead atoms. The van der Waals surface area contributed by atoms with E-state index in [1.807, 2.05) is 11.3 Å². The standard InChI is InChI=1S/C51H31ClN4S2/c1-51-26-11-10-19-37(51)47-43(48-44(51)35-18-5-9-23-41(35)57-48)34-17-4-8-22-40(34)56(47)30-14-12-13-29(27-30)45-49-46(54-50(52)53-45)36-25-24-31(28-42(36)58-49)55-38-20-6-2-15-32(38)33-16-3-7-21-39(33)55/h2-28,37H,1H3. The number of halogens is 1. The molecule has 2 atom stereocenters. The molecule has 0 spiro atoms. The molecular weight excluding hydrogens is 768 g/mol. The van der Waals surface area contributed by atoms with Crippen LogP contribution in [0.5, 0.6) is 0 Å². The first-order chi connectivity index (χ1) is 28.5. The van der Waals surface area contributed by atoms with Crippen LogP contribution in [0.15, 0.2) is 164 Å².